The number of aryl methyl sites for hydroxylation is 1. The Labute approximate surface area is 177 Å². The molecule has 0 radical (unpaired) electrons. The van der Waals surface area contributed by atoms with Gasteiger partial charge < -0.3 is 20.2 Å². The minimum atomic E-state index is -0.933. The van der Waals surface area contributed by atoms with E-state index in [0.717, 1.165) is 29.7 Å². The maximum absolute atomic E-state index is 13.1. The number of nitrogens with one attached hydrogen (secondary N) is 2. The number of amides is 2. The van der Waals surface area contributed by atoms with Gasteiger partial charge in [-0.15, -0.1) is 11.3 Å². The monoisotopic (exact) mass is 426 g/mol. The van der Waals surface area contributed by atoms with Gasteiger partial charge in [0.25, 0.3) is 5.91 Å². The second kappa shape index (κ2) is 7.43. The second-order valence-corrected chi connectivity index (χ2v) is 9.26. The van der Waals surface area contributed by atoms with Crippen LogP contribution in [0, 0.1) is 23.7 Å². The number of carboxylic acids is 1. The van der Waals surface area contributed by atoms with Gasteiger partial charge in [0, 0.05) is 4.88 Å². The molecule has 2 heterocycles. The summed E-state index contributed by atoms with van der Waals surface area (Å²) >= 11 is 1.44. The molecule has 3 N–H and O–H groups in total. The fourth-order valence-electron chi connectivity index (χ4n) is 5.11. The van der Waals surface area contributed by atoms with Crippen LogP contribution in [0.2, 0.25) is 0 Å². The van der Waals surface area contributed by atoms with E-state index < -0.39 is 17.8 Å². The molecule has 0 aliphatic heterocycles. The van der Waals surface area contributed by atoms with E-state index in [1.807, 2.05) is 12.2 Å². The van der Waals surface area contributed by atoms with Crippen molar-refractivity contribution >= 4 is 34.1 Å². The van der Waals surface area contributed by atoms with Gasteiger partial charge in [-0.3, -0.25) is 14.4 Å². The van der Waals surface area contributed by atoms with E-state index in [9.17, 15) is 19.5 Å². The Morgan fingerprint density at radius 3 is 2.70 bits per heavy atom. The molecule has 5 rings (SSSR count). The largest absolute Gasteiger partial charge is 0.481 e. The summed E-state index contributed by atoms with van der Waals surface area (Å²) in [5.41, 5.74) is 1.51. The Morgan fingerprint density at radius 1 is 1.17 bits per heavy atom. The van der Waals surface area contributed by atoms with Gasteiger partial charge >= 0.3 is 5.97 Å². The molecule has 4 atom stereocenters. The van der Waals surface area contributed by atoms with Crippen LogP contribution in [0.3, 0.4) is 0 Å². The lowest BCUT2D eigenvalue weighted by Gasteiger charge is -2.23. The molecule has 7 nitrogen and oxygen atoms in total. The minimum Gasteiger partial charge on any atom is -0.481 e. The number of carbonyl (C=O) groups excluding carboxylic acids is 2. The third-order valence-corrected chi connectivity index (χ3v) is 7.64. The molecule has 2 bridgehead atoms. The molecule has 1 saturated carbocycles. The highest BCUT2D eigenvalue weighted by Gasteiger charge is 2.51. The van der Waals surface area contributed by atoms with Gasteiger partial charge in [0.05, 0.1) is 30.2 Å². The summed E-state index contributed by atoms with van der Waals surface area (Å²) in [6.45, 7) is 0.266. The molecular formula is C22H22N2O5S. The first kappa shape index (κ1) is 19.1. The Morgan fingerprint density at radius 2 is 1.97 bits per heavy atom. The Bertz CT molecular complexity index is 1040. The van der Waals surface area contributed by atoms with E-state index in [1.165, 1.54) is 11.3 Å². The van der Waals surface area contributed by atoms with Gasteiger partial charge in [-0.2, -0.15) is 0 Å². The second-order valence-electron chi connectivity index (χ2n) is 8.15. The summed E-state index contributed by atoms with van der Waals surface area (Å²) in [6, 6.07) is 3.55. The predicted octanol–water partition coefficient (Wildman–Crippen LogP) is 3.22. The van der Waals surface area contributed by atoms with Gasteiger partial charge in [-0.25, -0.2) is 0 Å². The Hall–Kier alpha value is -2.87. The lowest BCUT2D eigenvalue weighted by atomic mass is 9.82. The lowest BCUT2D eigenvalue weighted by molar-refractivity contribution is -0.146. The van der Waals surface area contributed by atoms with Gasteiger partial charge in [-0.05, 0) is 55.2 Å². The summed E-state index contributed by atoms with van der Waals surface area (Å²) in [5, 5.41) is 16.0. The van der Waals surface area contributed by atoms with Crippen molar-refractivity contribution < 1.29 is 23.9 Å². The summed E-state index contributed by atoms with van der Waals surface area (Å²) < 4.78 is 5.27. The van der Waals surface area contributed by atoms with Crippen molar-refractivity contribution in [1.82, 2.24) is 5.32 Å². The first-order valence-corrected chi connectivity index (χ1v) is 11.0. The number of furan rings is 1. The Balaban J connectivity index is 1.38. The summed E-state index contributed by atoms with van der Waals surface area (Å²) in [7, 11) is 0. The van der Waals surface area contributed by atoms with E-state index >= 15 is 0 Å². The van der Waals surface area contributed by atoms with E-state index in [4.69, 9.17) is 4.42 Å². The SMILES string of the molecule is O=C(NCc1ccco1)c1c(NC(=O)C2C3C=CC(C3)C2C(=O)O)sc2c1CCC2. The van der Waals surface area contributed by atoms with E-state index in [1.54, 1.807) is 18.4 Å². The number of thiophene rings is 1. The predicted molar refractivity (Wildman–Crippen MR) is 110 cm³/mol. The number of hydrogen-bond acceptors (Lipinski definition) is 5. The number of carbonyl (C=O) groups is 3. The molecule has 156 valence electrons. The molecule has 8 heteroatoms. The van der Waals surface area contributed by atoms with E-state index in [2.05, 4.69) is 10.6 Å². The summed E-state index contributed by atoms with van der Waals surface area (Å²) in [5.74, 6) is -2.29. The highest BCUT2D eigenvalue weighted by Crippen LogP contribution is 2.49. The molecule has 3 aliphatic carbocycles. The molecular weight excluding hydrogens is 404 g/mol. The molecule has 0 saturated heterocycles. The number of anilines is 1. The average Bonchev–Trinajstić information content (AvgIpc) is 3.51. The van der Waals surface area contributed by atoms with Crippen LogP contribution in [-0.2, 0) is 29.0 Å². The summed E-state index contributed by atoms with van der Waals surface area (Å²) in [4.78, 5) is 39.0. The van der Waals surface area contributed by atoms with Crippen molar-refractivity contribution in [2.24, 2.45) is 23.7 Å². The first-order valence-electron chi connectivity index (χ1n) is 10.2. The fraction of sp³-hybridized carbons (Fsp3) is 0.409. The molecule has 3 aliphatic rings. The quantitative estimate of drug-likeness (QED) is 0.615. The number of allylic oxidation sites excluding steroid dienone is 2. The van der Waals surface area contributed by atoms with Crippen LogP contribution in [0.5, 0.6) is 0 Å². The van der Waals surface area contributed by atoms with Crippen LogP contribution < -0.4 is 10.6 Å². The number of carboxylic acid groups (broad SMARTS) is 1. The van der Waals surface area contributed by atoms with Gasteiger partial charge in [0.1, 0.15) is 10.8 Å². The maximum Gasteiger partial charge on any atom is 0.307 e. The Kier molecular flexibility index (Phi) is 4.73. The van der Waals surface area contributed by atoms with Gasteiger partial charge in [-0.1, -0.05) is 12.2 Å². The van der Waals surface area contributed by atoms with Gasteiger partial charge in [0.15, 0.2) is 0 Å². The molecule has 2 amide bonds. The van der Waals surface area contributed by atoms with Crippen LogP contribution in [0.25, 0.3) is 0 Å². The van der Waals surface area contributed by atoms with Crippen LogP contribution in [-0.4, -0.2) is 22.9 Å². The average molecular weight is 426 g/mol. The molecule has 2 aromatic rings. The molecule has 30 heavy (non-hydrogen) atoms. The van der Waals surface area contributed by atoms with Crippen molar-refractivity contribution in [3.8, 4) is 0 Å². The van der Waals surface area contributed by atoms with Crippen LogP contribution in [0.15, 0.2) is 35.0 Å². The molecule has 4 unspecified atom stereocenters. The zero-order chi connectivity index (χ0) is 20.8. The number of hydrogen-bond donors (Lipinski definition) is 3. The van der Waals surface area contributed by atoms with Crippen molar-refractivity contribution in [3.05, 3.63) is 52.3 Å². The minimum absolute atomic E-state index is 0.0564. The zero-order valence-electron chi connectivity index (χ0n) is 16.2. The fourth-order valence-corrected chi connectivity index (χ4v) is 6.40. The maximum atomic E-state index is 13.1. The van der Waals surface area contributed by atoms with Crippen LogP contribution in [0.4, 0.5) is 5.00 Å². The topological polar surface area (TPSA) is 109 Å². The smallest absolute Gasteiger partial charge is 0.307 e. The van der Waals surface area contributed by atoms with Crippen molar-refractivity contribution in [2.45, 2.75) is 32.2 Å². The van der Waals surface area contributed by atoms with Crippen LogP contribution in [0.1, 0.15) is 39.4 Å². The molecule has 0 spiro atoms. The van der Waals surface area contributed by atoms with Crippen molar-refractivity contribution in [3.63, 3.8) is 0 Å². The molecule has 0 aromatic carbocycles. The lowest BCUT2D eigenvalue weighted by Crippen LogP contribution is -2.36. The molecule has 1 fully saturated rings. The number of rotatable bonds is 6. The third kappa shape index (κ3) is 3.15. The van der Waals surface area contributed by atoms with Crippen LogP contribution >= 0.6 is 11.3 Å². The standard InChI is InChI=1S/C22H22N2O5S/c25-19(23-10-13-3-2-8-29-13)18-14-4-1-5-15(14)30-21(18)24-20(26)16-11-6-7-12(9-11)17(16)22(27)28/h2-3,6-8,11-12,16-17H,1,4-5,9-10H2,(H,23,25)(H,24,26)(H,27,28). The highest BCUT2D eigenvalue weighted by molar-refractivity contribution is 7.17. The number of fused-ring (bicyclic) bond motifs is 3. The first-order chi connectivity index (χ1) is 14.5. The summed E-state index contributed by atoms with van der Waals surface area (Å²) in [6.07, 6.45) is 8.82. The number of aliphatic carboxylic acids is 1. The third-order valence-electron chi connectivity index (χ3n) is 6.44. The normalized spacial score (nSPS) is 26.0. The van der Waals surface area contributed by atoms with Gasteiger partial charge in [0.2, 0.25) is 5.91 Å². The van der Waals surface area contributed by atoms with Crippen molar-refractivity contribution in [1.29, 1.82) is 0 Å². The highest BCUT2D eigenvalue weighted by atomic mass is 32.1. The molecule has 2 aromatic heterocycles. The zero-order valence-corrected chi connectivity index (χ0v) is 17.0. The van der Waals surface area contributed by atoms with E-state index in [-0.39, 0.29) is 30.2 Å². The van der Waals surface area contributed by atoms with Crippen molar-refractivity contribution in [2.75, 3.05) is 5.32 Å². The van der Waals surface area contributed by atoms with E-state index in [0.29, 0.717) is 22.7 Å².